The van der Waals surface area contributed by atoms with Crippen LogP contribution in [0.15, 0.2) is 24.3 Å². The molecule has 1 aliphatic heterocycles. The molecule has 1 amide bonds. The van der Waals surface area contributed by atoms with Gasteiger partial charge in [0.15, 0.2) is 0 Å². The Bertz CT molecular complexity index is 692. The van der Waals surface area contributed by atoms with Gasteiger partial charge in [-0.25, -0.2) is 4.98 Å². The number of hydrogen-bond acceptors (Lipinski definition) is 4. The zero-order valence-electron chi connectivity index (χ0n) is 13.2. The molecular weight excluding hydrogens is 330 g/mol. The molecule has 0 unspecified atom stereocenters. The zero-order valence-corrected chi connectivity index (χ0v) is 14.8. The number of rotatable bonds is 4. The minimum absolute atomic E-state index is 0.0761. The van der Waals surface area contributed by atoms with E-state index in [0.29, 0.717) is 5.02 Å². The Hall–Kier alpha value is -1.43. The molecule has 1 aromatic carbocycles. The number of nitrogens with one attached hydrogen (secondary N) is 2. The number of hydrogen-bond donors (Lipinski definition) is 2. The molecule has 2 atom stereocenters. The largest absolute Gasteiger partial charge is 0.347 e. The number of nitrogens with zero attached hydrogens (tertiary/aromatic N) is 1. The SMILES string of the molecule is Cc1sc([C@H](C)NC(=O)[C@H]2CCNC2)nc1-c1ccc(Cl)cc1. The van der Waals surface area contributed by atoms with Gasteiger partial charge in [0.2, 0.25) is 5.91 Å². The van der Waals surface area contributed by atoms with Crippen molar-refractivity contribution in [1.29, 1.82) is 0 Å². The molecule has 1 aromatic heterocycles. The van der Waals surface area contributed by atoms with Crippen molar-refractivity contribution >= 4 is 28.8 Å². The van der Waals surface area contributed by atoms with Gasteiger partial charge in [-0.05, 0) is 38.9 Å². The van der Waals surface area contributed by atoms with Gasteiger partial charge in [0, 0.05) is 22.0 Å². The molecule has 2 heterocycles. The van der Waals surface area contributed by atoms with Gasteiger partial charge in [-0.1, -0.05) is 23.7 Å². The van der Waals surface area contributed by atoms with Gasteiger partial charge in [-0.2, -0.15) is 0 Å². The molecule has 0 bridgehead atoms. The summed E-state index contributed by atoms with van der Waals surface area (Å²) in [6, 6.07) is 7.61. The molecule has 4 nitrogen and oxygen atoms in total. The lowest BCUT2D eigenvalue weighted by Crippen LogP contribution is -2.33. The molecule has 2 aromatic rings. The van der Waals surface area contributed by atoms with Crippen LogP contribution in [-0.4, -0.2) is 24.0 Å². The van der Waals surface area contributed by atoms with Crippen LogP contribution in [0.1, 0.15) is 29.3 Å². The van der Waals surface area contributed by atoms with Gasteiger partial charge in [0.1, 0.15) is 5.01 Å². The highest BCUT2D eigenvalue weighted by molar-refractivity contribution is 7.12. The molecule has 0 saturated carbocycles. The van der Waals surface area contributed by atoms with Gasteiger partial charge < -0.3 is 10.6 Å². The second-order valence-electron chi connectivity index (χ2n) is 5.88. The van der Waals surface area contributed by atoms with E-state index in [2.05, 4.69) is 17.6 Å². The highest BCUT2D eigenvalue weighted by Crippen LogP contribution is 2.31. The van der Waals surface area contributed by atoms with Crippen molar-refractivity contribution in [3.8, 4) is 11.3 Å². The highest BCUT2D eigenvalue weighted by atomic mass is 35.5. The number of benzene rings is 1. The predicted molar refractivity (Wildman–Crippen MR) is 94.8 cm³/mol. The summed E-state index contributed by atoms with van der Waals surface area (Å²) in [5, 5.41) is 7.96. The maximum atomic E-state index is 12.2. The molecule has 0 spiro atoms. The smallest absolute Gasteiger partial charge is 0.224 e. The minimum Gasteiger partial charge on any atom is -0.347 e. The van der Waals surface area contributed by atoms with Crippen molar-refractivity contribution < 1.29 is 4.79 Å². The van der Waals surface area contributed by atoms with Crippen LogP contribution in [0.2, 0.25) is 5.02 Å². The summed E-state index contributed by atoms with van der Waals surface area (Å²) >= 11 is 7.58. The predicted octanol–water partition coefficient (Wildman–Crippen LogP) is 3.56. The first-order valence-corrected chi connectivity index (χ1v) is 8.98. The van der Waals surface area contributed by atoms with E-state index in [-0.39, 0.29) is 17.9 Å². The second kappa shape index (κ2) is 6.99. The maximum Gasteiger partial charge on any atom is 0.224 e. The molecule has 122 valence electrons. The molecule has 1 fully saturated rings. The van der Waals surface area contributed by atoms with Crippen LogP contribution in [0.25, 0.3) is 11.3 Å². The number of aromatic nitrogens is 1. The first-order chi connectivity index (χ1) is 11.0. The van der Waals surface area contributed by atoms with Crippen LogP contribution >= 0.6 is 22.9 Å². The Kier molecular flexibility index (Phi) is 4.99. The van der Waals surface area contributed by atoms with E-state index in [9.17, 15) is 4.79 Å². The summed E-state index contributed by atoms with van der Waals surface area (Å²) in [6.07, 6.45) is 0.908. The van der Waals surface area contributed by atoms with Gasteiger partial charge in [0.05, 0.1) is 17.7 Å². The van der Waals surface area contributed by atoms with Crippen LogP contribution in [0.5, 0.6) is 0 Å². The summed E-state index contributed by atoms with van der Waals surface area (Å²) in [6.45, 7) is 5.74. The summed E-state index contributed by atoms with van der Waals surface area (Å²) in [4.78, 5) is 18.1. The number of carbonyl (C=O) groups is 1. The van der Waals surface area contributed by atoms with E-state index < -0.39 is 0 Å². The molecule has 0 aliphatic carbocycles. The number of aryl methyl sites for hydroxylation is 1. The lowest BCUT2D eigenvalue weighted by Gasteiger charge is -2.14. The summed E-state index contributed by atoms with van der Waals surface area (Å²) in [5.74, 6) is 0.192. The average molecular weight is 350 g/mol. The van der Waals surface area contributed by atoms with Gasteiger partial charge >= 0.3 is 0 Å². The molecule has 0 radical (unpaired) electrons. The second-order valence-corrected chi connectivity index (χ2v) is 7.55. The molecule has 1 aliphatic rings. The Morgan fingerprint density at radius 3 is 2.83 bits per heavy atom. The van der Waals surface area contributed by atoms with E-state index >= 15 is 0 Å². The Balaban J connectivity index is 1.74. The number of halogens is 1. The number of amides is 1. The molecule has 1 saturated heterocycles. The van der Waals surface area contributed by atoms with Crippen LogP contribution in [0.4, 0.5) is 0 Å². The van der Waals surface area contributed by atoms with E-state index in [0.717, 1.165) is 40.7 Å². The van der Waals surface area contributed by atoms with Gasteiger partial charge in [0.25, 0.3) is 0 Å². The van der Waals surface area contributed by atoms with E-state index in [1.54, 1.807) is 11.3 Å². The zero-order chi connectivity index (χ0) is 16.4. The van der Waals surface area contributed by atoms with E-state index in [1.807, 2.05) is 31.2 Å². The van der Waals surface area contributed by atoms with Crippen LogP contribution < -0.4 is 10.6 Å². The fourth-order valence-corrected chi connectivity index (χ4v) is 3.82. The van der Waals surface area contributed by atoms with Gasteiger partial charge in [-0.15, -0.1) is 11.3 Å². The fourth-order valence-electron chi connectivity index (χ4n) is 2.75. The monoisotopic (exact) mass is 349 g/mol. The highest BCUT2D eigenvalue weighted by Gasteiger charge is 2.25. The molecule has 23 heavy (non-hydrogen) atoms. The fraction of sp³-hybridized carbons (Fsp3) is 0.412. The third-order valence-electron chi connectivity index (χ3n) is 4.09. The first kappa shape index (κ1) is 16.4. The maximum absolute atomic E-state index is 12.2. The average Bonchev–Trinajstić information content (AvgIpc) is 3.17. The first-order valence-electron chi connectivity index (χ1n) is 7.79. The summed E-state index contributed by atoms with van der Waals surface area (Å²) in [7, 11) is 0. The quantitative estimate of drug-likeness (QED) is 0.887. The Morgan fingerprint density at radius 1 is 1.43 bits per heavy atom. The summed E-state index contributed by atoms with van der Waals surface area (Å²) < 4.78 is 0. The standard InChI is InChI=1S/C17H20ClN3OS/c1-10(20-16(22)13-7-8-19-9-13)17-21-15(11(2)23-17)12-3-5-14(18)6-4-12/h3-6,10,13,19H,7-9H2,1-2H3,(H,20,22)/t10-,13-/m0/s1. The molecule has 6 heteroatoms. The Morgan fingerprint density at radius 2 is 2.17 bits per heavy atom. The third-order valence-corrected chi connectivity index (χ3v) is 5.50. The number of carbonyl (C=O) groups excluding carboxylic acids is 1. The minimum atomic E-state index is -0.0761. The van der Waals surface area contributed by atoms with E-state index in [4.69, 9.17) is 16.6 Å². The lowest BCUT2D eigenvalue weighted by molar-refractivity contribution is -0.125. The summed E-state index contributed by atoms with van der Waals surface area (Å²) in [5.41, 5.74) is 2.01. The van der Waals surface area contributed by atoms with E-state index in [1.165, 1.54) is 0 Å². The molecular formula is C17H20ClN3OS. The van der Waals surface area contributed by atoms with Crippen LogP contribution in [0.3, 0.4) is 0 Å². The Labute approximate surface area is 145 Å². The van der Waals surface area contributed by atoms with Crippen molar-refractivity contribution in [2.75, 3.05) is 13.1 Å². The molecule has 3 rings (SSSR count). The van der Waals surface area contributed by atoms with Crippen LogP contribution in [0, 0.1) is 12.8 Å². The topological polar surface area (TPSA) is 54.0 Å². The van der Waals surface area contributed by atoms with Crippen molar-refractivity contribution in [1.82, 2.24) is 15.6 Å². The third kappa shape index (κ3) is 3.74. The van der Waals surface area contributed by atoms with Crippen molar-refractivity contribution in [3.63, 3.8) is 0 Å². The van der Waals surface area contributed by atoms with Crippen LogP contribution in [-0.2, 0) is 4.79 Å². The van der Waals surface area contributed by atoms with Crippen molar-refractivity contribution in [2.24, 2.45) is 5.92 Å². The lowest BCUT2D eigenvalue weighted by atomic mass is 10.1. The van der Waals surface area contributed by atoms with Crippen molar-refractivity contribution in [2.45, 2.75) is 26.3 Å². The molecule has 2 N–H and O–H groups in total. The normalized spacial score (nSPS) is 18.8. The van der Waals surface area contributed by atoms with Crippen molar-refractivity contribution in [3.05, 3.63) is 39.2 Å². The van der Waals surface area contributed by atoms with Gasteiger partial charge in [-0.3, -0.25) is 4.79 Å². The number of thiazole rings is 1.